The van der Waals surface area contributed by atoms with Crippen LogP contribution in [0.2, 0.25) is 5.02 Å². The highest BCUT2D eigenvalue weighted by molar-refractivity contribution is 14.1. The lowest BCUT2D eigenvalue weighted by molar-refractivity contribution is 0.102. The summed E-state index contributed by atoms with van der Waals surface area (Å²) in [6.45, 7) is 1.96. The minimum Gasteiger partial charge on any atom is -0.321 e. The number of carbonyl (C=O) groups is 1. The van der Waals surface area contributed by atoms with E-state index in [0.717, 1.165) is 14.8 Å². The molecule has 0 bridgehead atoms. The highest BCUT2D eigenvalue weighted by atomic mass is 127. The van der Waals surface area contributed by atoms with Crippen LogP contribution in [0.15, 0.2) is 42.5 Å². The van der Waals surface area contributed by atoms with E-state index in [1.165, 1.54) is 0 Å². The fourth-order valence-electron chi connectivity index (χ4n) is 1.57. The molecule has 0 radical (unpaired) electrons. The molecule has 2 rings (SSSR count). The van der Waals surface area contributed by atoms with E-state index in [1.807, 2.05) is 31.2 Å². The topological polar surface area (TPSA) is 29.1 Å². The van der Waals surface area contributed by atoms with Crippen LogP contribution in [0.4, 0.5) is 5.69 Å². The van der Waals surface area contributed by atoms with Gasteiger partial charge in [0, 0.05) is 14.2 Å². The van der Waals surface area contributed by atoms with Crippen LogP contribution in [0.5, 0.6) is 0 Å². The van der Waals surface area contributed by atoms with E-state index in [-0.39, 0.29) is 5.91 Å². The lowest BCUT2D eigenvalue weighted by Gasteiger charge is -2.08. The normalized spacial score (nSPS) is 10.2. The van der Waals surface area contributed by atoms with E-state index in [1.54, 1.807) is 18.2 Å². The van der Waals surface area contributed by atoms with Gasteiger partial charge >= 0.3 is 0 Å². The van der Waals surface area contributed by atoms with Crippen molar-refractivity contribution in [1.29, 1.82) is 0 Å². The molecule has 1 amide bonds. The van der Waals surface area contributed by atoms with Gasteiger partial charge in [0.1, 0.15) is 0 Å². The zero-order valence-corrected chi connectivity index (χ0v) is 12.6. The van der Waals surface area contributed by atoms with E-state index < -0.39 is 0 Å². The Bertz CT molecular complexity index is 598. The maximum atomic E-state index is 12.1. The second kappa shape index (κ2) is 5.71. The summed E-state index contributed by atoms with van der Waals surface area (Å²) in [7, 11) is 0. The van der Waals surface area contributed by atoms with Crippen LogP contribution in [0.25, 0.3) is 0 Å². The monoisotopic (exact) mass is 371 g/mol. The molecule has 0 heterocycles. The van der Waals surface area contributed by atoms with Gasteiger partial charge in [0.2, 0.25) is 0 Å². The number of carbonyl (C=O) groups excluding carboxylic acids is 1. The van der Waals surface area contributed by atoms with Crippen molar-refractivity contribution in [3.63, 3.8) is 0 Å². The number of anilines is 1. The fraction of sp³-hybridized carbons (Fsp3) is 0.0714. The molecule has 0 atom stereocenters. The number of hydrogen-bond acceptors (Lipinski definition) is 1. The summed E-state index contributed by atoms with van der Waals surface area (Å²) in [5, 5.41) is 3.54. The summed E-state index contributed by atoms with van der Waals surface area (Å²) in [4.78, 5) is 12.1. The quantitative estimate of drug-likeness (QED) is 0.774. The molecule has 18 heavy (non-hydrogen) atoms. The van der Waals surface area contributed by atoms with Gasteiger partial charge in [-0.3, -0.25) is 4.79 Å². The van der Waals surface area contributed by atoms with E-state index in [0.29, 0.717) is 10.6 Å². The average molecular weight is 372 g/mol. The number of aryl methyl sites for hydroxylation is 1. The molecular weight excluding hydrogens is 361 g/mol. The van der Waals surface area contributed by atoms with Crippen LogP contribution in [0, 0.1) is 10.5 Å². The number of halogens is 2. The number of nitrogens with one attached hydrogen (secondary N) is 1. The molecule has 4 heteroatoms. The van der Waals surface area contributed by atoms with E-state index in [9.17, 15) is 4.79 Å². The molecule has 0 unspecified atom stereocenters. The first-order chi connectivity index (χ1) is 8.56. The van der Waals surface area contributed by atoms with Crippen molar-refractivity contribution in [2.75, 3.05) is 5.32 Å². The first-order valence-corrected chi connectivity index (χ1v) is 6.85. The predicted molar refractivity (Wildman–Crippen MR) is 83.3 cm³/mol. The number of benzene rings is 2. The largest absolute Gasteiger partial charge is 0.321 e. The van der Waals surface area contributed by atoms with Crippen molar-refractivity contribution in [3.8, 4) is 0 Å². The summed E-state index contributed by atoms with van der Waals surface area (Å²) >= 11 is 8.02. The Morgan fingerprint density at radius 3 is 2.67 bits per heavy atom. The van der Waals surface area contributed by atoms with Crippen LogP contribution in [0.1, 0.15) is 15.9 Å². The minimum absolute atomic E-state index is 0.112. The SMILES string of the molecule is Cc1cccc(C(=O)Nc2ccc(Cl)cc2I)c1. The fourth-order valence-corrected chi connectivity index (χ4v) is 2.58. The Balaban J connectivity index is 2.21. The Hall–Kier alpha value is -1.07. The van der Waals surface area contributed by atoms with Crippen molar-refractivity contribution in [2.45, 2.75) is 6.92 Å². The minimum atomic E-state index is -0.112. The summed E-state index contributed by atoms with van der Waals surface area (Å²) in [5.74, 6) is -0.112. The third-order valence-electron chi connectivity index (χ3n) is 2.46. The molecule has 0 saturated carbocycles. The molecule has 0 aromatic heterocycles. The zero-order valence-electron chi connectivity index (χ0n) is 9.71. The Kier molecular flexibility index (Phi) is 4.24. The summed E-state index contributed by atoms with van der Waals surface area (Å²) < 4.78 is 0.918. The van der Waals surface area contributed by atoms with E-state index in [2.05, 4.69) is 27.9 Å². The average Bonchev–Trinajstić information content (AvgIpc) is 2.32. The Morgan fingerprint density at radius 1 is 1.22 bits per heavy atom. The highest BCUT2D eigenvalue weighted by Crippen LogP contribution is 2.22. The van der Waals surface area contributed by atoms with Gasteiger partial charge in [-0.15, -0.1) is 0 Å². The van der Waals surface area contributed by atoms with Crippen molar-refractivity contribution in [2.24, 2.45) is 0 Å². The third kappa shape index (κ3) is 3.23. The van der Waals surface area contributed by atoms with Gasteiger partial charge in [-0.2, -0.15) is 0 Å². The van der Waals surface area contributed by atoms with Crippen molar-refractivity contribution in [3.05, 3.63) is 62.2 Å². The Labute approximate surface area is 124 Å². The molecule has 2 aromatic rings. The van der Waals surface area contributed by atoms with Crippen molar-refractivity contribution in [1.82, 2.24) is 0 Å². The van der Waals surface area contributed by atoms with Crippen molar-refractivity contribution < 1.29 is 4.79 Å². The van der Waals surface area contributed by atoms with Gasteiger partial charge in [-0.25, -0.2) is 0 Å². The number of amides is 1. The van der Waals surface area contributed by atoms with Gasteiger partial charge in [0.15, 0.2) is 0 Å². The lowest BCUT2D eigenvalue weighted by Crippen LogP contribution is -2.12. The van der Waals surface area contributed by atoms with Gasteiger partial charge in [-0.1, -0.05) is 29.3 Å². The second-order valence-corrected chi connectivity index (χ2v) is 5.55. The Morgan fingerprint density at radius 2 is 2.00 bits per heavy atom. The molecule has 1 N–H and O–H groups in total. The van der Waals surface area contributed by atoms with Gasteiger partial charge < -0.3 is 5.32 Å². The number of hydrogen-bond donors (Lipinski definition) is 1. The van der Waals surface area contributed by atoms with Gasteiger partial charge in [-0.05, 0) is 59.8 Å². The van der Waals surface area contributed by atoms with Gasteiger partial charge in [0.25, 0.3) is 5.91 Å². The molecule has 0 aliphatic rings. The molecule has 0 aliphatic heterocycles. The molecule has 0 aliphatic carbocycles. The molecule has 0 saturated heterocycles. The van der Waals surface area contributed by atoms with Crippen LogP contribution in [-0.2, 0) is 0 Å². The second-order valence-electron chi connectivity index (χ2n) is 3.95. The van der Waals surface area contributed by atoms with E-state index >= 15 is 0 Å². The highest BCUT2D eigenvalue weighted by Gasteiger charge is 2.08. The van der Waals surface area contributed by atoms with Crippen LogP contribution in [0.3, 0.4) is 0 Å². The molecule has 2 nitrogen and oxygen atoms in total. The lowest BCUT2D eigenvalue weighted by atomic mass is 10.1. The summed E-state index contributed by atoms with van der Waals surface area (Å²) in [5.41, 5.74) is 2.49. The first-order valence-electron chi connectivity index (χ1n) is 5.39. The molecule has 92 valence electrons. The molecule has 0 spiro atoms. The van der Waals surface area contributed by atoms with Crippen LogP contribution < -0.4 is 5.32 Å². The van der Waals surface area contributed by atoms with Crippen molar-refractivity contribution >= 4 is 45.8 Å². The maximum Gasteiger partial charge on any atom is 0.255 e. The van der Waals surface area contributed by atoms with Crippen LogP contribution in [-0.4, -0.2) is 5.91 Å². The molecular formula is C14H11ClINO. The summed E-state index contributed by atoms with van der Waals surface area (Å²) in [6.07, 6.45) is 0. The molecule has 0 fully saturated rings. The van der Waals surface area contributed by atoms with E-state index in [4.69, 9.17) is 11.6 Å². The zero-order chi connectivity index (χ0) is 13.1. The first kappa shape index (κ1) is 13.4. The third-order valence-corrected chi connectivity index (χ3v) is 3.59. The standard InChI is InChI=1S/C14H11ClINO/c1-9-3-2-4-10(7-9)14(18)17-13-6-5-11(15)8-12(13)16/h2-8H,1H3,(H,17,18). The molecule has 2 aromatic carbocycles. The van der Waals surface area contributed by atoms with Gasteiger partial charge in [0.05, 0.1) is 5.69 Å². The maximum absolute atomic E-state index is 12.1. The number of rotatable bonds is 2. The smallest absolute Gasteiger partial charge is 0.255 e. The predicted octanol–water partition coefficient (Wildman–Crippen LogP) is 4.51. The van der Waals surface area contributed by atoms with Crippen LogP contribution >= 0.6 is 34.2 Å². The summed E-state index contributed by atoms with van der Waals surface area (Å²) in [6, 6.07) is 12.9.